The molecule has 21 heavy (non-hydrogen) atoms. The number of hydrogen-bond acceptors (Lipinski definition) is 3. The van der Waals surface area contributed by atoms with Crippen LogP contribution >= 0.6 is 0 Å². The van der Waals surface area contributed by atoms with Gasteiger partial charge in [-0.25, -0.2) is 0 Å². The molecule has 1 fully saturated rings. The molecule has 0 amide bonds. The highest BCUT2D eigenvalue weighted by Crippen LogP contribution is 2.25. The molecule has 1 aliphatic heterocycles. The van der Waals surface area contributed by atoms with Gasteiger partial charge in [0.2, 0.25) is 0 Å². The summed E-state index contributed by atoms with van der Waals surface area (Å²) in [6.07, 6.45) is 3.37. The maximum atomic E-state index is 9.28. The number of rotatable bonds is 6. The van der Waals surface area contributed by atoms with E-state index in [1.54, 1.807) is 7.11 Å². The average molecular weight is 288 g/mol. The normalized spacial score (nSPS) is 19.6. The van der Waals surface area contributed by atoms with Crippen LogP contribution in [0.1, 0.15) is 12.0 Å². The first-order chi connectivity index (χ1) is 10.3. The van der Waals surface area contributed by atoms with Crippen molar-refractivity contribution < 1.29 is 9.84 Å². The molecule has 0 bridgehead atoms. The van der Waals surface area contributed by atoms with Gasteiger partial charge in [-0.2, -0.15) is 0 Å². The number of ether oxygens (including phenoxy) is 1. The van der Waals surface area contributed by atoms with Crippen LogP contribution in [0.5, 0.6) is 0 Å². The van der Waals surface area contributed by atoms with E-state index in [4.69, 9.17) is 4.74 Å². The van der Waals surface area contributed by atoms with Crippen molar-refractivity contribution in [1.82, 2.24) is 9.47 Å². The van der Waals surface area contributed by atoms with Gasteiger partial charge in [-0.05, 0) is 30.5 Å². The van der Waals surface area contributed by atoms with Gasteiger partial charge in [-0.15, -0.1) is 0 Å². The number of hydrogen-bond donors (Lipinski definition) is 1. The Morgan fingerprint density at radius 2 is 2.19 bits per heavy atom. The molecule has 1 aromatic carbocycles. The number of methoxy groups -OCH3 is 1. The third-order valence-corrected chi connectivity index (χ3v) is 4.43. The van der Waals surface area contributed by atoms with Crippen LogP contribution in [0.4, 0.5) is 0 Å². The number of benzene rings is 1. The molecule has 2 aromatic rings. The molecular formula is C17H24N2O2. The minimum absolute atomic E-state index is 0.312. The summed E-state index contributed by atoms with van der Waals surface area (Å²) in [6.45, 7) is 4.99. The van der Waals surface area contributed by atoms with Gasteiger partial charge in [0.1, 0.15) is 0 Å². The Balaban J connectivity index is 1.81. The maximum Gasteiger partial charge on any atom is 0.0641 e. The molecule has 1 atom stereocenters. The molecule has 0 aliphatic carbocycles. The summed E-state index contributed by atoms with van der Waals surface area (Å²) in [6, 6.07) is 8.57. The fourth-order valence-corrected chi connectivity index (χ4v) is 3.27. The number of fused-ring (bicyclic) bond motifs is 1. The van der Waals surface area contributed by atoms with E-state index in [-0.39, 0.29) is 0 Å². The molecule has 0 unspecified atom stereocenters. The quantitative estimate of drug-likeness (QED) is 0.884. The summed E-state index contributed by atoms with van der Waals surface area (Å²) >= 11 is 0. The van der Waals surface area contributed by atoms with E-state index in [1.165, 1.54) is 16.5 Å². The zero-order chi connectivity index (χ0) is 14.7. The van der Waals surface area contributed by atoms with E-state index in [2.05, 4.69) is 39.9 Å². The molecule has 2 heterocycles. The van der Waals surface area contributed by atoms with Crippen LogP contribution in [-0.4, -0.2) is 48.0 Å². The first kappa shape index (κ1) is 14.6. The lowest BCUT2D eigenvalue weighted by atomic mass is 10.1. The standard InChI is InChI=1S/C17H24N2O2/c1-21-9-8-19-12-15(16-4-2-3-5-17(16)19)11-18-7-6-14(10-18)13-20/h2-5,12,14,20H,6-11,13H2,1H3/t14-/m0/s1. The molecule has 0 saturated carbocycles. The van der Waals surface area contributed by atoms with Gasteiger partial charge in [0.25, 0.3) is 0 Å². The van der Waals surface area contributed by atoms with Gasteiger partial charge >= 0.3 is 0 Å². The summed E-state index contributed by atoms with van der Waals surface area (Å²) in [5, 5.41) is 10.6. The van der Waals surface area contributed by atoms with Crippen molar-refractivity contribution in [2.24, 2.45) is 5.92 Å². The monoisotopic (exact) mass is 288 g/mol. The van der Waals surface area contributed by atoms with Crippen LogP contribution < -0.4 is 0 Å². The lowest BCUT2D eigenvalue weighted by Crippen LogP contribution is -2.20. The summed E-state index contributed by atoms with van der Waals surface area (Å²) in [4.78, 5) is 2.45. The summed E-state index contributed by atoms with van der Waals surface area (Å²) in [5.74, 6) is 0.451. The van der Waals surface area contributed by atoms with Gasteiger partial charge in [0.05, 0.1) is 6.61 Å². The predicted octanol–water partition coefficient (Wildman–Crippen LogP) is 2.10. The lowest BCUT2D eigenvalue weighted by Gasteiger charge is -2.14. The third kappa shape index (κ3) is 3.12. The molecule has 114 valence electrons. The zero-order valence-electron chi connectivity index (χ0n) is 12.7. The summed E-state index contributed by atoms with van der Waals surface area (Å²) in [7, 11) is 1.74. The average Bonchev–Trinajstić information content (AvgIpc) is 3.11. The zero-order valence-corrected chi connectivity index (χ0v) is 12.7. The molecule has 1 saturated heterocycles. The number of aliphatic hydroxyl groups is 1. The predicted molar refractivity (Wildman–Crippen MR) is 84.3 cm³/mol. The molecule has 1 N–H and O–H groups in total. The Bertz CT molecular complexity index is 593. The molecule has 1 aliphatic rings. The molecule has 0 spiro atoms. The third-order valence-electron chi connectivity index (χ3n) is 4.43. The first-order valence-electron chi connectivity index (χ1n) is 7.70. The summed E-state index contributed by atoms with van der Waals surface area (Å²) in [5.41, 5.74) is 2.66. The Morgan fingerprint density at radius 3 is 2.95 bits per heavy atom. The van der Waals surface area contributed by atoms with Gasteiger partial charge in [0, 0.05) is 50.5 Å². The Morgan fingerprint density at radius 1 is 1.33 bits per heavy atom. The van der Waals surface area contributed by atoms with Crippen molar-refractivity contribution in [3.63, 3.8) is 0 Å². The highest BCUT2D eigenvalue weighted by Gasteiger charge is 2.22. The minimum Gasteiger partial charge on any atom is -0.396 e. The smallest absolute Gasteiger partial charge is 0.0641 e. The maximum absolute atomic E-state index is 9.28. The fraction of sp³-hybridized carbons (Fsp3) is 0.529. The first-order valence-corrected chi connectivity index (χ1v) is 7.70. The van der Waals surface area contributed by atoms with Crippen LogP contribution in [0.15, 0.2) is 30.5 Å². The van der Waals surface area contributed by atoms with Gasteiger partial charge < -0.3 is 14.4 Å². The largest absolute Gasteiger partial charge is 0.396 e. The van der Waals surface area contributed by atoms with Crippen LogP contribution in [0, 0.1) is 5.92 Å². The van der Waals surface area contributed by atoms with Crippen molar-refractivity contribution in [2.45, 2.75) is 19.5 Å². The summed E-state index contributed by atoms with van der Waals surface area (Å²) < 4.78 is 7.49. The van der Waals surface area contributed by atoms with E-state index >= 15 is 0 Å². The second-order valence-electron chi connectivity index (χ2n) is 5.93. The topological polar surface area (TPSA) is 37.6 Å². The second kappa shape index (κ2) is 6.60. The van der Waals surface area contributed by atoms with Crippen molar-refractivity contribution >= 4 is 10.9 Å². The highest BCUT2D eigenvalue weighted by atomic mass is 16.5. The van der Waals surface area contributed by atoms with E-state index < -0.39 is 0 Å². The Labute approximate surface area is 125 Å². The van der Waals surface area contributed by atoms with Gasteiger partial charge in [-0.3, -0.25) is 4.90 Å². The number of nitrogens with zero attached hydrogens (tertiary/aromatic N) is 2. The second-order valence-corrected chi connectivity index (χ2v) is 5.93. The number of aromatic nitrogens is 1. The molecule has 1 aromatic heterocycles. The Kier molecular flexibility index (Phi) is 4.58. The van der Waals surface area contributed by atoms with E-state index in [0.717, 1.165) is 39.2 Å². The van der Waals surface area contributed by atoms with Crippen molar-refractivity contribution in [3.8, 4) is 0 Å². The number of aliphatic hydroxyl groups excluding tert-OH is 1. The van der Waals surface area contributed by atoms with Gasteiger partial charge in [0.15, 0.2) is 0 Å². The molecule has 0 radical (unpaired) electrons. The molecule has 4 nitrogen and oxygen atoms in total. The Hall–Kier alpha value is -1.36. The minimum atomic E-state index is 0.312. The van der Waals surface area contributed by atoms with Crippen LogP contribution in [0.2, 0.25) is 0 Å². The SMILES string of the molecule is COCCn1cc(CN2CC[C@H](CO)C2)c2ccccc21. The molecular weight excluding hydrogens is 264 g/mol. The van der Waals surface area contributed by atoms with Crippen molar-refractivity contribution in [2.75, 3.05) is 33.4 Å². The van der Waals surface area contributed by atoms with E-state index in [0.29, 0.717) is 12.5 Å². The van der Waals surface area contributed by atoms with Crippen LogP contribution in [-0.2, 0) is 17.8 Å². The van der Waals surface area contributed by atoms with E-state index in [9.17, 15) is 5.11 Å². The van der Waals surface area contributed by atoms with Gasteiger partial charge in [-0.1, -0.05) is 18.2 Å². The van der Waals surface area contributed by atoms with Crippen LogP contribution in [0.3, 0.4) is 0 Å². The van der Waals surface area contributed by atoms with Crippen molar-refractivity contribution in [1.29, 1.82) is 0 Å². The highest BCUT2D eigenvalue weighted by molar-refractivity contribution is 5.83. The lowest BCUT2D eigenvalue weighted by molar-refractivity contribution is 0.188. The number of likely N-dealkylation sites (tertiary alicyclic amines) is 1. The van der Waals surface area contributed by atoms with E-state index in [1.807, 2.05) is 0 Å². The van der Waals surface area contributed by atoms with Crippen molar-refractivity contribution in [3.05, 3.63) is 36.0 Å². The number of para-hydroxylation sites is 1. The van der Waals surface area contributed by atoms with Crippen LogP contribution in [0.25, 0.3) is 10.9 Å². The molecule has 4 heteroatoms. The fourth-order valence-electron chi connectivity index (χ4n) is 3.27. The molecule has 3 rings (SSSR count).